The van der Waals surface area contributed by atoms with Crippen LogP contribution < -0.4 is 5.32 Å². The van der Waals surface area contributed by atoms with E-state index in [0.29, 0.717) is 24.6 Å². The Morgan fingerprint density at radius 2 is 1.95 bits per heavy atom. The molecule has 7 heteroatoms. The van der Waals surface area contributed by atoms with E-state index in [1.807, 2.05) is 27.7 Å². The Bertz CT molecular complexity index is 389. The fourth-order valence-electron chi connectivity index (χ4n) is 1.53. The number of ether oxygens (including phenoxy) is 2. The molecule has 0 bridgehead atoms. The minimum absolute atomic E-state index is 0.175. The van der Waals surface area contributed by atoms with E-state index in [4.69, 9.17) is 9.47 Å². The van der Waals surface area contributed by atoms with E-state index in [0.717, 1.165) is 17.2 Å². The molecule has 1 rings (SSSR count). The standard InChI is InChI=1S/C12H21N3O3S/c1-5-17-9(18-6-2)7-13-12(16)11-10(8(3)4)14-15-19-11/h8-9H,5-7H2,1-4H3,(H,13,16). The van der Waals surface area contributed by atoms with Crippen molar-refractivity contribution in [1.29, 1.82) is 0 Å². The summed E-state index contributed by atoms with van der Waals surface area (Å²) in [6, 6.07) is 0. The lowest BCUT2D eigenvalue weighted by molar-refractivity contribution is -0.131. The first-order chi connectivity index (χ1) is 9.10. The van der Waals surface area contributed by atoms with E-state index < -0.39 is 6.29 Å². The Morgan fingerprint density at radius 3 is 2.47 bits per heavy atom. The Kier molecular flexibility index (Phi) is 6.90. The van der Waals surface area contributed by atoms with Crippen molar-refractivity contribution in [2.75, 3.05) is 19.8 Å². The van der Waals surface area contributed by atoms with Gasteiger partial charge in [0.05, 0.1) is 12.2 Å². The minimum atomic E-state index is -0.415. The molecule has 0 aliphatic heterocycles. The van der Waals surface area contributed by atoms with Crippen molar-refractivity contribution in [3.8, 4) is 0 Å². The van der Waals surface area contributed by atoms with Crippen LogP contribution >= 0.6 is 11.5 Å². The summed E-state index contributed by atoms with van der Waals surface area (Å²) in [6.07, 6.45) is -0.415. The van der Waals surface area contributed by atoms with Gasteiger partial charge in [-0.1, -0.05) is 18.3 Å². The van der Waals surface area contributed by atoms with Gasteiger partial charge in [-0.25, -0.2) is 0 Å². The lowest BCUT2D eigenvalue weighted by Crippen LogP contribution is -2.35. The first-order valence-corrected chi connectivity index (χ1v) is 7.21. The molecular weight excluding hydrogens is 266 g/mol. The highest BCUT2D eigenvalue weighted by Crippen LogP contribution is 2.19. The van der Waals surface area contributed by atoms with Gasteiger partial charge in [0.25, 0.3) is 5.91 Å². The molecule has 1 N–H and O–H groups in total. The summed E-state index contributed by atoms with van der Waals surface area (Å²) in [4.78, 5) is 12.6. The Balaban J connectivity index is 2.56. The van der Waals surface area contributed by atoms with E-state index in [9.17, 15) is 4.79 Å². The number of aromatic nitrogens is 2. The number of hydrogen-bond acceptors (Lipinski definition) is 6. The average Bonchev–Trinajstić information content (AvgIpc) is 2.85. The van der Waals surface area contributed by atoms with Gasteiger partial charge in [0.2, 0.25) is 0 Å². The number of amides is 1. The molecule has 108 valence electrons. The molecule has 0 unspecified atom stereocenters. The van der Waals surface area contributed by atoms with Crippen LogP contribution in [0, 0.1) is 0 Å². The molecule has 0 aromatic carbocycles. The van der Waals surface area contributed by atoms with Crippen LogP contribution in [0.25, 0.3) is 0 Å². The summed E-state index contributed by atoms with van der Waals surface area (Å²) in [5.41, 5.74) is 0.729. The molecule has 0 aliphatic rings. The molecule has 19 heavy (non-hydrogen) atoms. The highest BCUT2D eigenvalue weighted by Gasteiger charge is 2.19. The first kappa shape index (κ1) is 16.0. The minimum Gasteiger partial charge on any atom is -0.351 e. The van der Waals surface area contributed by atoms with Crippen LogP contribution in [0.4, 0.5) is 0 Å². The molecule has 0 spiro atoms. The molecule has 1 amide bonds. The van der Waals surface area contributed by atoms with Crippen LogP contribution in [0.3, 0.4) is 0 Å². The van der Waals surface area contributed by atoms with Gasteiger partial charge in [0, 0.05) is 13.2 Å². The van der Waals surface area contributed by atoms with E-state index >= 15 is 0 Å². The van der Waals surface area contributed by atoms with Gasteiger partial charge >= 0.3 is 0 Å². The van der Waals surface area contributed by atoms with Crippen LogP contribution in [-0.4, -0.2) is 41.5 Å². The predicted octanol–water partition coefficient (Wildman–Crippen LogP) is 1.79. The van der Waals surface area contributed by atoms with Crippen molar-refractivity contribution in [2.45, 2.75) is 39.9 Å². The highest BCUT2D eigenvalue weighted by atomic mass is 32.1. The molecule has 0 fully saturated rings. The maximum Gasteiger partial charge on any atom is 0.265 e. The molecule has 1 aromatic heterocycles. The van der Waals surface area contributed by atoms with Gasteiger partial charge in [0.15, 0.2) is 6.29 Å². The number of rotatable bonds is 8. The van der Waals surface area contributed by atoms with Crippen molar-refractivity contribution in [3.63, 3.8) is 0 Å². The molecule has 0 radical (unpaired) electrons. The van der Waals surface area contributed by atoms with Crippen molar-refractivity contribution in [2.24, 2.45) is 0 Å². The van der Waals surface area contributed by atoms with Gasteiger partial charge in [-0.15, -0.1) is 5.10 Å². The van der Waals surface area contributed by atoms with E-state index in [1.165, 1.54) is 0 Å². The molecule has 0 saturated carbocycles. The maximum atomic E-state index is 12.1. The Morgan fingerprint density at radius 1 is 1.32 bits per heavy atom. The van der Waals surface area contributed by atoms with Crippen molar-refractivity contribution >= 4 is 17.4 Å². The van der Waals surface area contributed by atoms with Crippen LogP contribution in [0.15, 0.2) is 0 Å². The quantitative estimate of drug-likeness (QED) is 0.738. The fourth-order valence-corrected chi connectivity index (χ4v) is 2.26. The highest BCUT2D eigenvalue weighted by molar-refractivity contribution is 7.08. The third kappa shape index (κ3) is 4.85. The third-order valence-corrected chi connectivity index (χ3v) is 3.14. The molecule has 0 aliphatic carbocycles. The lowest BCUT2D eigenvalue weighted by atomic mass is 10.1. The zero-order valence-electron chi connectivity index (χ0n) is 11.8. The van der Waals surface area contributed by atoms with Crippen LogP contribution in [-0.2, 0) is 9.47 Å². The summed E-state index contributed by atoms with van der Waals surface area (Å²) in [5, 5.41) is 6.77. The third-order valence-electron chi connectivity index (χ3n) is 2.40. The van der Waals surface area contributed by atoms with E-state index in [2.05, 4.69) is 14.9 Å². The number of carbonyl (C=O) groups is 1. The maximum absolute atomic E-state index is 12.1. The van der Waals surface area contributed by atoms with Crippen molar-refractivity contribution in [3.05, 3.63) is 10.6 Å². The SMILES string of the molecule is CCOC(CNC(=O)c1snnc1C(C)C)OCC. The van der Waals surface area contributed by atoms with E-state index in [1.54, 1.807) is 0 Å². The largest absolute Gasteiger partial charge is 0.351 e. The number of nitrogens with one attached hydrogen (secondary N) is 1. The monoisotopic (exact) mass is 287 g/mol. The van der Waals surface area contributed by atoms with Gasteiger partial charge in [0.1, 0.15) is 4.88 Å². The van der Waals surface area contributed by atoms with Crippen LogP contribution in [0.1, 0.15) is 49.0 Å². The average molecular weight is 287 g/mol. The van der Waals surface area contributed by atoms with Gasteiger partial charge in [-0.2, -0.15) is 0 Å². The fraction of sp³-hybridized carbons (Fsp3) is 0.750. The molecular formula is C12H21N3O3S. The van der Waals surface area contributed by atoms with Gasteiger partial charge < -0.3 is 14.8 Å². The van der Waals surface area contributed by atoms with Gasteiger partial charge in [-0.3, -0.25) is 4.79 Å². The van der Waals surface area contributed by atoms with E-state index in [-0.39, 0.29) is 11.8 Å². The Labute approximate surface area is 117 Å². The number of hydrogen-bond donors (Lipinski definition) is 1. The summed E-state index contributed by atoms with van der Waals surface area (Å²) in [6.45, 7) is 9.14. The second-order valence-electron chi connectivity index (χ2n) is 4.19. The van der Waals surface area contributed by atoms with Gasteiger partial charge in [-0.05, 0) is 31.3 Å². The van der Waals surface area contributed by atoms with Crippen molar-refractivity contribution < 1.29 is 14.3 Å². The summed E-state index contributed by atoms with van der Waals surface area (Å²) < 4.78 is 14.6. The van der Waals surface area contributed by atoms with Crippen molar-refractivity contribution in [1.82, 2.24) is 14.9 Å². The first-order valence-electron chi connectivity index (χ1n) is 6.43. The molecule has 0 saturated heterocycles. The second-order valence-corrected chi connectivity index (χ2v) is 4.95. The summed E-state index contributed by atoms with van der Waals surface area (Å²) in [7, 11) is 0. The second kappa shape index (κ2) is 8.19. The molecule has 6 nitrogen and oxygen atoms in total. The topological polar surface area (TPSA) is 73.3 Å². The smallest absolute Gasteiger partial charge is 0.265 e. The molecule has 0 atom stereocenters. The zero-order chi connectivity index (χ0) is 14.3. The normalized spacial score (nSPS) is 11.3. The number of nitrogens with zero attached hydrogens (tertiary/aromatic N) is 2. The predicted molar refractivity (Wildman–Crippen MR) is 73.4 cm³/mol. The molecule has 1 heterocycles. The Hall–Kier alpha value is -1.05. The van der Waals surface area contributed by atoms with Crippen LogP contribution in [0.5, 0.6) is 0 Å². The molecule has 1 aromatic rings. The summed E-state index contributed by atoms with van der Waals surface area (Å²) in [5.74, 6) is -0.00260. The zero-order valence-corrected chi connectivity index (χ0v) is 12.6. The van der Waals surface area contributed by atoms with Crippen LogP contribution in [0.2, 0.25) is 0 Å². The lowest BCUT2D eigenvalue weighted by Gasteiger charge is -2.17. The summed E-state index contributed by atoms with van der Waals surface area (Å²) >= 11 is 1.11. The number of carbonyl (C=O) groups excluding carboxylic acids is 1.